The van der Waals surface area contributed by atoms with Crippen molar-refractivity contribution in [3.05, 3.63) is 34.9 Å². The molecule has 0 spiro atoms. The maximum absolute atomic E-state index is 12.8. The summed E-state index contributed by atoms with van der Waals surface area (Å²) in [6.07, 6.45) is 3.10. The maximum Gasteiger partial charge on any atom is 0.255 e. The number of hydrogen-bond acceptors (Lipinski definition) is 5. The van der Waals surface area contributed by atoms with E-state index in [-0.39, 0.29) is 24.1 Å². The highest BCUT2D eigenvalue weighted by molar-refractivity contribution is 6.05. The molecule has 28 heavy (non-hydrogen) atoms. The highest BCUT2D eigenvalue weighted by Gasteiger charge is 2.39. The van der Waals surface area contributed by atoms with Crippen molar-refractivity contribution in [1.82, 2.24) is 20.4 Å². The molecule has 2 atom stereocenters. The van der Waals surface area contributed by atoms with Gasteiger partial charge in [0.05, 0.1) is 0 Å². The summed E-state index contributed by atoms with van der Waals surface area (Å²) in [4.78, 5) is 40.5. The topological polar surface area (TPSA) is 81.8 Å². The largest absolute Gasteiger partial charge is 0.322 e. The Morgan fingerprint density at radius 3 is 2.79 bits per heavy atom. The monoisotopic (exact) mass is 384 g/mol. The zero-order valence-electron chi connectivity index (χ0n) is 16.4. The molecule has 0 radical (unpaired) electrons. The molecule has 0 aliphatic carbocycles. The van der Waals surface area contributed by atoms with Gasteiger partial charge in [-0.3, -0.25) is 24.6 Å². The number of carbonyl (C=O) groups excluding carboxylic acids is 3. The van der Waals surface area contributed by atoms with Gasteiger partial charge < -0.3 is 10.2 Å². The van der Waals surface area contributed by atoms with Crippen LogP contribution >= 0.6 is 0 Å². The van der Waals surface area contributed by atoms with Gasteiger partial charge in [-0.1, -0.05) is 19.1 Å². The third-order valence-corrected chi connectivity index (χ3v) is 6.17. The van der Waals surface area contributed by atoms with E-state index < -0.39 is 6.04 Å². The fourth-order valence-corrected chi connectivity index (χ4v) is 4.60. The first-order valence-corrected chi connectivity index (χ1v) is 10.3. The summed E-state index contributed by atoms with van der Waals surface area (Å²) < 4.78 is 0. The number of benzene rings is 1. The van der Waals surface area contributed by atoms with Crippen LogP contribution < -0.4 is 10.6 Å². The number of carbonyl (C=O) groups is 3. The van der Waals surface area contributed by atoms with Crippen LogP contribution in [0.15, 0.2) is 18.2 Å². The minimum Gasteiger partial charge on any atom is -0.322 e. The Labute approximate surface area is 165 Å². The first-order chi connectivity index (χ1) is 13.6. The molecule has 7 nitrogen and oxygen atoms in total. The van der Waals surface area contributed by atoms with Crippen molar-refractivity contribution in [1.29, 1.82) is 0 Å². The smallest absolute Gasteiger partial charge is 0.255 e. The third kappa shape index (κ3) is 3.69. The molecule has 3 amide bonds. The molecule has 0 bridgehead atoms. The number of piperidine rings is 2. The number of imide groups is 1. The Balaban J connectivity index is 1.47. The van der Waals surface area contributed by atoms with Crippen LogP contribution in [0.4, 0.5) is 0 Å². The number of nitrogens with zero attached hydrogens (tertiary/aromatic N) is 2. The lowest BCUT2D eigenvalue weighted by Gasteiger charge is -2.34. The average molecular weight is 384 g/mol. The minimum absolute atomic E-state index is 0.111. The molecule has 7 heteroatoms. The molecule has 3 heterocycles. The summed E-state index contributed by atoms with van der Waals surface area (Å²) in [6.45, 7) is 6.61. The van der Waals surface area contributed by atoms with Crippen molar-refractivity contribution in [2.45, 2.75) is 57.8 Å². The van der Waals surface area contributed by atoms with E-state index >= 15 is 0 Å². The van der Waals surface area contributed by atoms with Gasteiger partial charge in [0.25, 0.3) is 5.91 Å². The molecule has 4 rings (SSSR count). The number of hydrogen-bond donors (Lipinski definition) is 2. The molecule has 1 aromatic rings. The van der Waals surface area contributed by atoms with Crippen LogP contribution in [0.25, 0.3) is 0 Å². The number of amides is 3. The van der Waals surface area contributed by atoms with Crippen molar-refractivity contribution in [2.24, 2.45) is 0 Å². The van der Waals surface area contributed by atoms with Crippen molar-refractivity contribution >= 4 is 17.7 Å². The molecule has 0 saturated carbocycles. The van der Waals surface area contributed by atoms with Crippen LogP contribution in [0.3, 0.4) is 0 Å². The SMILES string of the molecule is CCN(Cc1ccc2c(c1)CN(C1CCC(=O)NC1=O)C2=O)C1CCCNC1. The molecule has 2 unspecified atom stereocenters. The molecule has 2 saturated heterocycles. The second kappa shape index (κ2) is 8.01. The van der Waals surface area contributed by atoms with Crippen molar-refractivity contribution in [3.8, 4) is 0 Å². The predicted molar refractivity (Wildman–Crippen MR) is 104 cm³/mol. The van der Waals surface area contributed by atoms with E-state index in [2.05, 4.69) is 28.5 Å². The second-order valence-electron chi connectivity index (χ2n) is 7.95. The lowest BCUT2D eigenvalue weighted by atomic mass is 10.0. The maximum atomic E-state index is 12.8. The minimum atomic E-state index is -0.554. The lowest BCUT2D eigenvalue weighted by Crippen LogP contribution is -2.52. The summed E-state index contributed by atoms with van der Waals surface area (Å²) in [5.41, 5.74) is 2.85. The van der Waals surface area contributed by atoms with Gasteiger partial charge >= 0.3 is 0 Å². The second-order valence-corrected chi connectivity index (χ2v) is 7.95. The van der Waals surface area contributed by atoms with E-state index in [1.807, 2.05) is 12.1 Å². The fourth-order valence-electron chi connectivity index (χ4n) is 4.60. The van der Waals surface area contributed by atoms with Gasteiger partial charge in [-0.05, 0) is 49.5 Å². The first-order valence-electron chi connectivity index (χ1n) is 10.3. The average Bonchev–Trinajstić information content (AvgIpc) is 3.02. The summed E-state index contributed by atoms with van der Waals surface area (Å²) in [5.74, 6) is -0.732. The lowest BCUT2D eigenvalue weighted by molar-refractivity contribution is -0.136. The quantitative estimate of drug-likeness (QED) is 0.741. The van der Waals surface area contributed by atoms with Gasteiger partial charge in [-0.2, -0.15) is 0 Å². The molecule has 2 fully saturated rings. The zero-order valence-corrected chi connectivity index (χ0v) is 16.4. The van der Waals surface area contributed by atoms with Crippen LogP contribution in [-0.2, 0) is 22.7 Å². The van der Waals surface area contributed by atoms with E-state index in [1.165, 1.54) is 18.4 Å². The van der Waals surface area contributed by atoms with E-state index in [0.717, 1.165) is 31.7 Å². The molecule has 0 aromatic heterocycles. The molecule has 2 N–H and O–H groups in total. The third-order valence-electron chi connectivity index (χ3n) is 6.17. The van der Waals surface area contributed by atoms with Crippen LogP contribution in [0, 0.1) is 0 Å². The van der Waals surface area contributed by atoms with Gasteiger partial charge in [0, 0.05) is 37.7 Å². The van der Waals surface area contributed by atoms with Crippen LogP contribution in [0.2, 0.25) is 0 Å². The Morgan fingerprint density at radius 2 is 2.07 bits per heavy atom. The summed E-state index contributed by atoms with van der Waals surface area (Å²) in [7, 11) is 0. The molecule has 3 aliphatic heterocycles. The number of rotatable bonds is 5. The Morgan fingerprint density at radius 1 is 1.21 bits per heavy atom. The predicted octanol–water partition coefficient (Wildman–Crippen LogP) is 1.02. The summed E-state index contributed by atoms with van der Waals surface area (Å²) >= 11 is 0. The molecule has 3 aliphatic rings. The van der Waals surface area contributed by atoms with Crippen LogP contribution in [-0.4, -0.2) is 59.2 Å². The molecule has 1 aromatic carbocycles. The molecular weight excluding hydrogens is 356 g/mol. The van der Waals surface area contributed by atoms with Gasteiger partial charge in [0.15, 0.2) is 0 Å². The van der Waals surface area contributed by atoms with Gasteiger partial charge in [0.1, 0.15) is 6.04 Å². The van der Waals surface area contributed by atoms with E-state index in [0.29, 0.717) is 24.6 Å². The summed E-state index contributed by atoms with van der Waals surface area (Å²) in [5, 5.41) is 5.83. The number of likely N-dealkylation sites (N-methyl/N-ethyl adjacent to an activating group) is 1. The Hall–Kier alpha value is -2.25. The van der Waals surface area contributed by atoms with E-state index in [9.17, 15) is 14.4 Å². The highest BCUT2D eigenvalue weighted by Crippen LogP contribution is 2.28. The van der Waals surface area contributed by atoms with Crippen molar-refractivity contribution < 1.29 is 14.4 Å². The van der Waals surface area contributed by atoms with E-state index in [1.54, 1.807) is 4.90 Å². The van der Waals surface area contributed by atoms with Crippen molar-refractivity contribution in [2.75, 3.05) is 19.6 Å². The van der Waals surface area contributed by atoms with Gasteiger partial charge in [-0.25, -0.2) is 0 Å². The number of nitrogens with one attached hydrogen (secondary N) is 2. The van der Waals surface area contributed by atoms with Crippen LogP contribution in [0.5, 0.6) is 0 Å². The normalized spacial score (nSPS) is 25.2. The van der Waals surface area contributed by atoms with Crippen molar-refractivity contribution in [3.63, 3.8) is 0 Å². The van der Waals surface area contributed by atoms with Gasteiger partial charge in [-0.15, -0.1) is 0 Å². The summed E-state index contributed by atoms with van der Waals surface area (Å²) in [6, 6.07) is 6.03. The molecule has 150 valence electrons. The molecular formula is C21H28N4O3. The van der Waals surface area contributed by atoms with Crippen LogP contribution in [0.1, 0.15) is 54.1 Å². The standard InChI is InChI=1S/C21H28N4O3/c1-2-24(16-4-3-9-22-11-16)12-14-5-6-17-15(10-14)13-25(21(17)28)18-7-8-19(26)23-20(18)27/h5-6,10,16,18,22H,2-4,7-9,11-13H2,1H3,(H,23,26,27). The highest BCUT2D eigenvalue weighted by atomic mass is 16.2. The first kappa shape index (κ1) is 19.1. The Kier molecular flexibility index (Phi) is 5.46. The zero-order chi connectivity index (χ0) is 19.7. The van der Waals surface area contributed by atoms with Gasteiger partial charge in [0.2, 0.25) is 11.8 Å². The fraction of sp³-hybridized carbons (Fsp3) is 0.571. The Bertz CT molecular complexity index is 788. The number of fused-ring (bicyclic) bond motifs is 1. The van der Waals surface area contributed by atoms with E-state index in [4.69, 9.17) is 0 Å².